The van der Waals surface area contributed by atoms with E-state index in [0.717, 1.165) is 11.6 Å². The Kier molecular flexibility index (Phi) is 9.52. The molecule has 0 saturated carbocycles. The second kappa shape index (κ2) is 12.1. The van der Waals surface area contributed by atoms with Crippen molar-refractivity contribution >= 4 is 17.6 Å². The molecule has 8 heteroatoms. The third-order valence-electron chi connectivity index (χ3n) is 4.69. The Hall–Kier alpha value is -2.87. The minimum absolute atomic E-state index is 0.132. The number of methoxy groups -OCH3 is 1. The van der Waals surface area contributed by atoms with Gasteiger partial charge in [-0.05, 0) is 55.1 Å². The van der Waals surface area contributed by atoms with Crippen LogP contribution in [0.25, 0.3) is 0 Å². The Bertz CT molecular complexity index is 852. The number of esters is 1. The van der Waals surface area contributed by atoms with Crippen molar-refractivity contribution in [2.24, 2.45) is 0 Å². The molecule has 0 heterocycles. The van der Waals surface area contributed by atoms with Crippen LogP contribution in [-0.4, -0.2) is 32.1 Å². The van der Waals surface area contributed by atoms with Crippen LogP contribution in [0.4, 0.5) is 18.9 Å². The lowest BCUT2D eigenvalue weighted by Gasteiger charge is -2.09. The number of halogens is 3. The molecular weight excluding hydrogens is 409 g/mol. The minimum Gasteiger partial charge on any atom is -0.469 e. The smallest absolute Gasteiger partial charge is 0.416 e. The Morgan fingerprint density at radius 2 is 1.68 bits per heavy atom. The highest BCUT2D eigenvalue weighted by molar-refractivity contribution is 5.90. The quantitative estimate of drug-likeness (QED) is 0.406. The SMILES string of the molecule is COC(=O)CCc1ccc(NC(=O)CCNCCCc2cccc(C(F)(F)F)c2)cc1. The van der Waals surface area contributed by atoms with Gasteiger partial charge in [0.25, 0.3) is 0 Å². The van der Waals surface area contributed by atoms with Crippen molar-refractivity contribution in [3.05, 3.63) is 65.2 Å². The number of hydrogen-bond acceptors (Lipinski definition) is 4. The Balaban J connectivity index is 1.61. The van der Waals surface area contributed by atoms with E-state index in [4.69, 9.17) is 0 Å². The first-order valence-corrected chi connectivity index (χ1v) is 10.1. The predicted molar refractivity (Wildman–Crippen MR) is 113 cm³/mol. The highest BCUT2D eigenvalue weighted by atomic mass is 19.4. The number of carbonyl (C=O) groups is 2. The van der Waals surface area contributed by atoms with Gasteiger partial charge in [-0.25, -0.2) is 0 Å². The normalized spacial score (nSPS) is 11.2. The number of ether oxygens (including phenoxy) is 1. The van der Waals surface area contributed by atoms with Gasteiger partial charge in [-0.2, -0.15) is 13.2 Å². The van der Waals surface area contributed by atoms with E-state index in [1.165, 1.54) is 19.2 Å². The summed E-state index contributed by atoms with van der Waals surface area (Å²) in [6, 6.07) is 12.6. The van der Waals surface area contributed by atoms with Crippen molar-refractivity contribution in [1.82, 2.24) is 5.32 Å². The molecule has 2 aromatic rings. The third-order valence-corrected chi connectivity index (χ3v) is 4.69. The van der Waals surface area contributed by atoms with E-state index in [1.807, 2.05) is 12.1 Å². The molecule has 31 heavy (non-hydrogen) atoms. The first kappa shape index (κ1) is 24.4. The molecule has 0 bridgehead atoms. The predicted octanol–water partition coefficient (Wildman–Crippen LogP) is 4.36. The minimum atomic E-state index is -4.33. The topological polar surface area (TPSA) is 67.4 Å². The molecule has 5 nitrogen and oxygen atoms in total. The van der Waals surface area contributed by atoms with Crippen LogP contribution in [0.15, 0.2) is 48.5 Å². The van der Waals surface area contributed by atoms with Crippen molar-refractivity contribution in [1.29, 1.82) is 0 Å². The van der Waals surface area contributed by atoms with Crippen molar-refractivity contribution in [3.8, 4) is 0 Å². The lowest BCUT2D eigenvalue weighted by molar-refractivity contribution is -0.140. The number of hydrogen-bond donors (Lipinski definition) is 2. The lowest BCUT2D eigenvalue weighted by atomic mass is 10.1. The van der Waals surface area contributed by atoms with Gasteiger partial charge in [0.05, 0.1) is 12.7 Å². The number of amides is 1. The summed E-state index contributed by atoms with van der Waals surface area (Å²) in [5.41, 5.74) is 1.66. The van der Waals surface area contributed by atoms with E-state index in [-0.39, 0.29) is 18.3 Å². The maximum atomic E-state index is 12.7. The van der Waals surface area contributed by atoms with Crippen molar-refractivity contribution in [2.45, 2.75) is 38.3 Å². The Morgan fingerprint density at radius 3 is 2.35 bits per heavy atom. The number of rotatable bonds is 11. The van der Waals surface area contributed by atoms with Gasteiger partial charge in [0.15, 0.2) is 0 Å². The van der Waals surface area contributed by atoms with Crippen molar-refractivity contribution in [3.63, 3.8) is 0 Å². The summed E-state index contributed by atoms with van der Waals surface area (Å²) in [5.74, 6) is -0.396. The van der Waals surface area contributed by atoms with E-state index in [9.17, 15) is 22.8 Å². The number of nitrogens with one attached hydrogen (secondary N) is 2. The number of benzene rings is 2. The van der Waals surface area contributed by atoms with Gasteiger partial charge in [0.1, 0.15) is 0 Å². The van der Waals surface area contributed by atoms with Crippen molar-refractivity contribution < 1.29 is 27.5 Å². The number of aryl methyl sites for hydroxylation is 2. The summed E-state index contributed by atoms with van der Waals surface area (Å²) >= 11 is 0. The summed E-state index contributed by atoms with van der Waals surface area (Å²) in [6.07, 6.45) is -1.95. The molecule has 0 atom stereocenters. The molecule has 0 spiro atoms. The molecular formula is C23H27F3N2O3. The van der Waals surface area contributed by atoms with Crippen LogP contribution in [0, 0.1) is 0 Å². The zero-order valence-electron chi connectivity index (χ0n) is 17.4. The summed E-state index contributed by atoms with van der Waals surface area (Å²) in [4.78, 5) is 23.2. The zero-order valence-corrected chi connectivity index (χ0v) is 17.4. The molecule has 0 aromatic heterocycles. The molecule has 0 aliphatic rings. The summed E-state index contributed by atoms with van der Waals surface area (Å²) in [7, 11) is 1.35. The van der Waals surface area contributed by atoms with Crippen LogP contribution in [0.1, 0.15) is 36.0 Å². The van der Waals surface area contributed by atoms with Gasteiger partial charge in [-0.1, -0.05) is 30.3 Å². The van der Waals surface area contributed by atoms with Crippen molar-refractivity contribution in [2.75, 3.05) is 25.5 Å². The molecule has 168 valence electrons. The Labute approximate surface area is 180 Å². The molecule has 0 radical (unpaired) electrons. The lowest BCUT2D eigenvalue weighted by Crippen LogP contribution is -2.23. The third kappa shape index (κ3) is 9.21. The monoisotopic (exact) mass is 436 g/mol. The first-order chi connectivity index (χ1) is 14.8. The fourth-order valence-electron chi connectivity index (χ4n) is 2.97. The molecule has 0 fully saturated rings. The molecule has 2 N–H and O–H groups in total. The molecule has 2 aromatic carbocycles. The molecule has 0 aliphatic heterocycles. The summed E-state index contributed by atoms with van der Waals surface area (Å²) in [6.45, 7) is 1.09. The first-order valence-electron chi connectivity index (χ1n) is 10.1. The van der Waals surface area contributed by atoms with Crippen LogP contribution >= 0.6 is 0 Å². The highest BCUT2D eigenvalue weighted by Gasteiger charge is 2.30. The molecule has 0 aliphatic carbocycles. The van der Waals surface area contributed by atoms with E-state index in [0.29, 0.717) is 50.0 Å². The fourth-order valence-corrected chi connectivity index (χ4v) is 2.97. The van der Waals surface area contributed by atoms with Gasteiger partial charge in [-0.15, -0.1) is 0 Å². The van der Waals surface area contributed by atoms with E-state index in [2.05, 4.69) is 15.4 Å². The maximum absolute atomic E-state index is 12.7. The van der Waals surface area contributed by atoms with E-state index < -0.39 is 11.7 Å². The second-order valence-electron chi connectivity index (χ2n) is 7.12. The van der Waals surface area contributed by atoms with Crippen LogP contribution in [0.2, 0.25) is 0 Å². The van der Waals surface area contributed by atoms with E-state index in [1.54, 1.807) is 18.2 Å². The number of anilines is 1. The van der Waals surface area contributed by atoms with Gasteiger partial charge in [-0.3, -0.25) is 9.59 Å². The molecule has 0 unspecified atom stereocenters. The van der Waals surface area contributed by atoms with Gasteiger partial charge in [0.2, 0.25) is 5.91 Å². The van der Waals surface area contributed by atoms with Gasteiger partial charge in [0, 0.05) is 25.1 Å². The second-order valence-corrected chi connectivity index (χ2v) is 7.12. The largest absolute Gasteiger partial charge is 0.469 e. The van der Waals surface area contributed by atoms with Gasteiger partial charge >= 0.3 is 12.1 Å². The number of carbonyl (C=O) groups excluding carboxylic acids is 2. The average molecular weight is 436 g/mol. The summed E-state index contributed by atoms with van der Waals surface area (Å²) < 4.78 is 42.8. The fraction of sp³-hybridized carbons (Fsp3) is 0.391. The van der Waals surface area contributed by atoms with Crippen LogP contribution < -0.4 is 10.6 Å². The maximum Gasteiger partial charge on any atom is 0.416 e. The summed E-state index contributed by atoms with van der Waals surface area (Å²) in [5, 5.41) is 5.94. The standard InChI is InChI=1S/C23H27F3N2O3/c1-31-22(30)12-9-17-7-10-20(11-8-17)28-21(29)13-15-27-14-3-5-18-4-2-6-19(16-18)23(24,25)26/h2,4,6-8,10-11,16,27H,3,5,9,12-15H2,1H3,(H,28,29). The molecule has 1 amide bonds. The number of alkyl halides is 3. The van der Waals surface area contributed by atoms with Crippen LogP contribution in [-0.2, 0) is 33.3 Å². The van der Waals surface area contributed by atoms with E-state index >= 15 is 0 Å². The van der Waals surface area contributed by atoms with Crippen LogP contribution in [0.3, 0.4) is 0 Å². The van der Waals surface area contributed by atoms with Crippen LogP contribution in [0.5, 0.6) is 0 Å². The van der Waals surface area contributed by atoms with Gasteiger partial charge < -0.3 is 15.4 Å². The Morgan fingerprint density at radius 1 is 0.935 bits per heavy atom. The molecule has 2 rings (SSSR count). The molecule has 0 saturated heterocycles. The zero-order chi connectivity index (χ0) is 22.7. The highest BCUT2D eigenvalue weighted by Crippen LogP contribution is 2.29. The average Bonchev–Trinajstić information content (AvgIpc) is 2.75.